The summed E-state index contributed by atoms with van der Waals surface area (Å²) in [5.74, 6) is 1.95. The molecule has 2 N–H and O–H groups in total. The molecule has 1 aromatic heterocycles. The first kappa shape index (κ1) is 13.3. The van der Waals surface area contributed by atoms with Crippen LogP contribution < -0.4 is 10.6 Å². The minimum atomic E-state index is 0.326. The maximum atomic E-state index is 4.37. The molecular weight excluding hydrogens is 228 g/mol. The lowest BCUT2D eigenvalue weighted by molar-refractivity contribution is 0.176. The van der Waals surface area contributed by atoms with E-state index in [0.717, 1.165) is 51.0 Å². The molecule has 1 aromatic rings. The van der Waals surface area contributed by atoms with Crippen LogP contribution in [0.5, 0.6) is 0 Å². The van der Waals surface area contributed by atoms with Gasteiger partial charge in [-0.1, -0.05) is 0 Å². The summed E-state index contributed by atoms with van der Waals surface area (Å²) in [6.45, 7) is 12.5. The van der Waals surface area contributed by atoms with E-state index < -0.39 is 0 Å². The van der Waals surface area contributed by atoms with E-state index >= 15 is 0 Å². The topological polar surface area (TPSA) is 58.0 Å². The number of rotatable bonds is 5. The molecule has 0 bridgehead atoms. The van der Waals surface area contributed by atoms with Crippen LogP contribution in [-0.2, 0) is 6.54 Å². The fourth-order valence-corrected chi connectivity index (χ4v) is 2.46. The van der Waals surface area contributed by atoms with E-state index in [0.29, 0.717) is 6.04 Å². The number of hydrogen-bond acceptors (Lipinski definition) is 5. The van der Waals surface area contributed by atoms with Gasteiger partial charge < -0.3 is 10.6 Å². The third-order valence-electron chi connectivity index (χ3n) is 3.50. The molecule has 2 rings (SSSR count). The van der Waals surface area contributed by atoms with Crippen molar-refractivity contribution in [3.05, 3.63) is 5.82 Å². The minimum absolute atomic E-state index is 0.326. The Labute approximate surface area is 109 Å². The normalized spacial score (nSPS) is 18.8. The van der Waals surface area contributed by atoms with Crippen LogP contribution in [0, 0.1) is 0 Å². The van der Waals surface area contributed by atoms with E-state index in [1.165, 1.54) is 0 Å². The van der Waals surface area contributed by atoms with Crippen LogP contribution in [0.15, 0.2) is 0 Å². The molecule has 1 saturated heterocycles. The largest absolute Gasteiger partial charge is 0.355 e. The summed E-state index contributed by atoms with van der Waals surface area (Å²) in [5, 5.41) is 15.3. The highest BCUT2D eigenvalue weighted by molar-refractivity contribution is 5.26. The van der Waals surface area contributed by atoms with E-state index in [2.05, 4.69) is 51.1 Å². The monoisotopic (exact) mass is 252 g/mol. The molecule has 0 saturated carbocycles. The number of aromatic nitrogens is 3. The Bertz CT molecular complexity index is 369. The molecule has 18 heavy (non-hydrogen) atoms. The van der Waals surface area contributed by atoms with Gasteiger partial charge in [-0.15, -0.1) is 10.2 Å². The highest BCUT2D eigenvalue weighted by Crippen LogP contribution is 2.21. The zero-order valence-corrected chi connectivity index (χ0v) is 11.6. The molecule has 0 amide bonds. The third kappa shape index (κ3) is 2.64. The molecule has 1 atom stereocenters. The standard InChI is InChI=1S/C12H24N6/c1-4-14-12-16-15-11(18(12)5-2)10(3)17-8-6-13-7-9-17/h10,13H,4-9H2,1-3H3,(H,14,16). The van der Waals surface area contributed by atoms with Crippen molar-refractivity contribution in [2.75, 3.05) is 38.0 Å². The van der Waals surface area contributed by atoms with Crippen LogP contribution in [0.1, 0.15) is 32.6 Å². The maximum Gasteiger partial charge on any atom is 0.224 e. The van der Waals surface area contributed by atoms with E-state index in [9.17, 15) is 0 Å². The SMILES string of the molecule is CCNc1nnc(C(C)N2CCNCC2)n1CC. The van der Waals surface area contributed by atoms with Gasteiger partial charge in [0.25, 0.3) is 0 Å². The zero-order valence-electron chi connectivity index (χ0n) is 11.6. The van der Waals surface area contributed by atoms with E-state index in [-0.39, 0.29) is 0 Å². The predicted octanol–water partition coefficient (Wildman–Crippen LogP) is 0.696. The number of piperazine rings is 1. The van der Waals surface area contributed by atoms with Crippen molar-refractivity contribution < 1.29 is 0 Å². The van der Waals surface area contributed by atoms with Crippen molar-refractivity contribution in [2.45, 2.75) is 33.4 Å². The maximum absolute atomic E-state index is 4.37. The van der Waals surface area contributed by atoms with Gasteiger partial charge in [0.2, 0.25) is 5.95 Å². The quantitative estimate of drug-likeness (QED) is 0.808. The van der Waals surface area contributed by atoms with E-state index in [4.69, 9.17) is 0 Å². The summed E-state index contributed by atoms with van der Waals surface area (Å²) in [6.07, 6.45) is 0. The van der Waals surface area contributed by atoms with Crippen LogP contribution in [0.2, 0.25) is 0 Å². The molecule has 6 heteroatoms. The third-order valence-corrected chi connectivity index (χ3v) is 3.50. The summed E-state index contributed by atoms with van der Waals surface area (Å²) in [6, 6.07) is 0.326. The van der Waals surface area contributed by atoms with Crippen molar-refractivity contribution >= 4 is 5.95 Å². The molecule has 2 heterocycles. The number of nitrogens with zero attached hydrogens (tertiary/aromatic N) is 4. The van der Waals surface area contributed by atoms with Gasteiger partial charge in [-0.05, 0) is 20.8 Å². The Hall–Kier alpha value is -1.14. The second-order valence-corrected chi connectivity index (χ2v) is 4.62. The zero-order chi connectivity index (χ0) is 13.0. The number of nitrogens with one attached hydrogen (secondary N) is 2. The van der Waals surface area contributed by atoms with Gasteiger partial charge in [0.1, 0.15) is 0 Å². The summed E-state index contributed by atoms with van der Waals surface area (Å²) >= 11 is 0. The Morgan fingerprint density at radius 1 is 1.28 bits per heavy atom. The summed E-state index contributed by atoms with van der Waals surface area (Å²) in [7, 11) is 0. The first-order chi connectivity index (χ1) is 8.77. The minimum Gasteiger partial charge on any atom is -0.355 e. The smallest absolute Gasteiger partial charge is 0.224 e. The lowest BCUT2D eigenvalue weighted by atomic mass is 10.2. The Morgan fingerprint density at radius 2 is 2.00 bits per heavy atom. The van der Waals surface area contributed by atoms with Crippen molar-refractivity contribution in [2.24, 2.45) is 0 Å². The molecule has 1 fully saturated rings. The summed E-state index contributed by atoms with van der Waals surface area (Å²) in [4.78, 5) is 2.46. The molecule has 0 radical (unpaired) electrons. The highest BCUT2D eigenvalue weighted by atomic mass is 15.4. The highest BCUT2D eigenvalue weighted by Gasteiger charge is 2.23. The van der Waals surface area contributed by atoms with E-state index in [1.807, 2.05) is 0 Å². The first-order valence-electron chi connectivity index (χ1n) is 6.89. The van der Waals surface area contributed by atoms with Gasteiger partial charge in [0.05, 0.1) is 6.04 Å². The van der Waals surface area contributed by atoms with Crippen molar-refractivity contribution in [3.63, 3.8) is 0 Å². The molecule has 1 aliphatic heterocycles. The summed E-state index contributed by atoms with van der Waals surface area (Å²) < 4.78 is 2.18. The average molecular weight is 252 g/mol. The molecule has 0 aromatic carbocycles. The molecule has 102 valence electrons. The number of hydrogen-bond donors (Lipinski definition) is 2. The molecule has 6 nitrogen and oxygen atoms in total. The fourth-order valence-electron chi connectivity index (χ4n) is 2.46. The van der Waals surface area contributed by atoms with Crippen molar-refractivity contribution in [3.8, 4) is 0 Å². The lowest BCUT2D eigenvalue weighted by Gasteiger charge is -2.32. The van der Waals surface area contributed by atoms with Gasteiger partial charge in [0, 0.05) is 39.3 Å². The average Bonchev–Trinajstić information content (AvgIpc) is 2.82. The van der Waals surface area contributed by atoms with Gasteiger partial charge in [-0.3, -0.25) is 9.47 Å². The molecular formula is C12H24N6. The second kappa shape index (κ2) is 6.15. The Kier molecular flexibility index (Phi) is 4.54. The van der Waals surface area contributed by atoms with Gasteiger partial charge >= 0.3 is 0 Å². The molecule has 0 spiro atoms. The van der Waals surface area contributed by atoms with Gasteiger partial charge in [-0.2, -0.15) is 0 Å². The van der Waals surface area contributed by atoms with Gasteiger partial charge in [-0.25, -0.2) is 0 Å². The Balaban J connectivity index is 2.15. The lowest BCUT2D eigenvalue weighted by Crippen LogP contribution is -2.45. The second-order valence-electron chi connectivity index (χ2n) is 4.62. The number of anilines is 1. The van der Waals surface area contributed by atoms with Crippen LogP contribution in [0.4, 0.5) is 5.95 Å². The van der Waals surface area contributed by atoms with Crippen LogP contribution in [0.3, 0.4) is 0 Å². The van der Waals surface area contributed by atoms with Crippen LogP contribution in [0.25, 0.3) is 0 Å². The van der Waals surface area contributed by atoms with Gasteiger partial charge in [0.15, 0.2) is 5.82 Å². The van der Waals surface area contributed by atoms with Crippen molar-refractivity contribution in [1.82, 2.24) is 25.0 Å². The Morgan fingerprint density at radius 3 is 2.61 bits per heavy atom. The molecule has 0 aliphatic carbocycles. The fraction of sp³-hybridized carbons (Fsp3) is 0.833. The summed E-state index contributed by atoms with van der Waals surface area (Å²) in [5.41, 5.74) is 0. The van der Waals surface area contributed by atoms with Crippen LogP contribution in [-0.4, -0.2) is 52.4 Å². The predicted molar refractivity (Wildman–Crippen MR) is 72.7 cm³/mol. The van der Waals surface area contributed by atoms with Crippen LogP contribution >= 0.6 is 0 Å². The molecule has 1 aliphatic rings. The molecule has 1 unspecified atom stereocenters. The first-order valence-corrected chi connectivity index (χ1v) is 6.89. The van der Waals surface area contributed by atoms with E-state index in [1.54, 1.807) is 0 Å². The van der Waals surface area contributed by atoms with Crippen molar-refractivity contribution in [1.29, 1.82) is 0 Å².